The van der Waals surface area contributed by atoms with Crippen molar-refractivity contribution < 1.29 is 4.79 Å². The summed E-state index contributed by atoms with van der Waals surface area (Å²) >= 11 is 1.41. The van der Waals surface area contributed by atoms with Crippen LogP contribution in [0.5, 0.6) is 0 Å². The number of hydrogen-bond acceptors (Lipinski definition) is 7. The van der Waals surface area contributed by atoms with Crippen LogP contribution in [-0.4, -0.2) is 29.2 Å². The predicted molar refractivity (Wildman–Crippen MR) is 97.8 cm³/mol. The van der Waals surface area contributed by atoms with Gasteiger partial charge in [0, 0.05) is 25.7 Å². The number of anilines is 2. The van der Waals surface area contributed by atoms with Crippen molar-refractivity contribution >= 4 is 39.4 Å². The van der Waals surface area contributed by atoms with Crippen LogP contribution in [0.2, 0.25) is 0 Å². The number of aryl methyl sites for hydroxylation is 1. The third-order valence-corrected chi connectivity index (χ3v) is 4.37. The molecule has 0 atom stereocenters. The van der Waals surface area contributed by atoms with Crippen LogP contribution in [0.4, 0.5) is 22.2 Å². The number of azo groups is 1. The van der Waals surface area contributed by atoms with Crippen molar-refractivity contribution in [2.45, 2.75) is 34.1 Å². The molecule has 0 spiro atoms. The van der Waals surface area contributed by atoms with Gasteiger partial charge in [0.15, 0.2) is 0 Å². The summed E-state index contributed by atoms with van der Waals surface area (Å²) in [6, 6.07) is 5.74. The molecule has 1 aromatic carbocycles. The average Bonchev–Trinajstić information content (AvgIpc) is 3.03. The summed E-state index contributed by atoms with van der Waals surface area (Å²) in [5.41, 5.74) is 2.26. The van der Waals surface area contributed by atoms with Gasteiger partial charge in [0.1, 0.15) is 10.7 Å². The summed E-state index contributed by atoms with van der Waals surface area (Å²) in [5.74, 6) is -0.146. The van der Waals surface area contributed by atoms with Gasteiger partial charge in [-0.15, -0.1) is 20.4 Å². The van der Waals surface area contributed by atoms with Crippen LogP contribution in [0.1, 0.15) is 32.7 Å². The minimum absolute atomic E-state index is 0.146. The Kier molecular flexibility index (Phi) is 6.36. The van der Waals surface area contributed by atoms with Crippen LogP contribution in [0.15, 0.2) is 28.4 Å². The summed E-state index contributed by atoms with van der Waals surface area (Å²) in [6.07, 6.45) is 0.822. The van der Waals surface area contributed by atoms with Crippen LogP contribution in [0, 0.1) is 0 Å². The van der Waals surface area contributed by atoms with Gasteiger partial charge in [-0.3, -0.25) is 4.79 Å². The Hall–Kier alpha value is -2.35. The minimum atomic E-state index is -0.146. The van der Waals surface area contributed by atoms with E-state index in [0.29, 0.717) is 16.5 Å². The second-order valence-electron chi connectivity index (χ2n) is 5.09. The molecular weight excluding hydrogens is 324 g/mol. The Balaban J connectivity index is 2.31. The van der Waals surface area contributed by atoms with E-state index >= 15 is 0 Å². The minimum Gasteiger partial charge on any atom is -0.372 e. The molecule has 1 N–H and O–H groups in total. The number of amides is 1. The number of carbonyl (C=O) groups excluding carboxylic acids is 1. The second kappa shape index (κ2) is 8.49. The van der Waals surface area contributed by atoms with Gasteiger partial charge in [0.25, 0.3) is 5.13 Å². The molecule has 7 nitrogen and oxygen atoms in total. The first-order valence-electron chi connectivity index (χ1n) is 7.98. The SMILES string of the molecule is CCc1nnc(N=Nc2ccc(N(CC)CC)cc2NC(C)=O)s1. The standard InChI is InChI=1S/C16H22N6OS/c1-5-15-19-21-16(24-15)20-18-13-9-8-12(22(6-2)7-3)10-14(13)17-11(4)23/h8-10H,5-7H2,1-4H3,(H,17,23). The van der Waals surface area contributed by atoms with Crippen molar-refractivity contribution in [1.82, 2.24) is 10.2 Å². The molecule has 1 amide bonds. The van der Waals surface area contributed by atoms with Gasteiger partial charge >= 0.3 is 0 Å². The van der Waals surface area contributed by atoms with Crippen molar-refractivity contribution in [1.29, 1.82) is 0 Å². The largest absolute Gasteiger partial charge is 0.372 e. The first-order valence-corrected chi connectivity index (χ1v) is 8.79. The molecule has 128 valence electrons. The highest BCUT2D eigenvalue weighted by Crippen LogP contribution is 2.32. The van der Waals surface area contributed by atoms with E-state index in [9.17, 15) is 4.79 Å². The normalized spacial score (nSPS) is 11.0. The molecule has 8 heteroatoms. The van der Waals surface area contributed by atoms with E-state index in [1.807, 2.05) is 25.1 Å². The van der Waals surface area contributed by atoms with E-state index in [-0.39, 0.29) is 5.91 Å². The maximum absolute atomic E-state index is 11.5. The van der Waals surface area contributed by atoms with E-state index in [4.69, 9.17) is 0 Å². The first kappa shape index (κ1) is 18.0. The Labute approximate surface area is 145 Å². The molecular formula is C16H22N6OS. The zero-order valence-corrected chi connectivity index (χ0v) is 15.2. The van der Waals surface area contributed by atoms with E-state index in [0.717, 1.165) is 30.2 Å². The maximum atomic E-state index is 11.5. The fourth-order valence-electron chi connectivity index (χ4n) is 2.21. The number of aromatic nitrogens is 2. The lowest BCUT2D eigenvalue weighted by molar-refractivity contribution is -0.114. The van der Waals surface area contributed by atoms with E-state index in [1.165, 1.54) is 18.3 Å². The number of nitrogens with zero attached hydrogens (tertiary/aromatic N) is 5. The summed E-state index contributed by atoms with van der Waals surface area (Å²) in [4.78, 5) is 13.7. The van der Waals surface area contributed by atoms with Crippen molar-refractivity contribution in [2.24, 2.45) is 10.2 Å². The van der Waals surface area contributed by atoms with Gasteiger partial charge in [-0.25, -0.2) is 0 Å². The third kappa shape index (κ3) is 4.58. The zero-order valence-electron chi connectivity index (χ0n) is 14.4. The number of nitrogens with one attached hydrogen (secondary N) is 1. The fraction of sp³-hybridized carbons (Fsp3) is 0.438. The molecule has 0 fully saturated rings. The van der Waals surface area contributed by atoms with Gasteiger partial charge in [-0.1, -0.05) is 18.3 Å². The van der Waals surface area contributed by atoms with Crippen molar-refractivity contribution in [3.63, 3.8) is 0 Å². The van der Waals surface area contributed by atoms with Crippen LogP contribution >= 0.6 is 11.3 Å². The molecule has 0 bridgehead atoms. The van der Waals surface area contributed by atoms with Crippen LogP contribution in [0.3, 0.4) is 0 Å². The molecule has 0 unspecified atom stereocenters. The monoisotopic (exact) mass is 346 g/mol. The summed E-state index contributed by atoms with van der Waals surface area (Å²) < 4.78 is 0. The third-order valence-electron chi connectivity index (χ3n) is 3.42. The highest BCUT2D eigenvalue weighted by Gasteiger charge is 2.09. The molecule has 0 radical (unpaired) electrons. The van der Waals surface area contributed by atoms with Crippen LogP contribution in [0.25, 0.3) is 0 Å². The molecule has 1 heterocycles. The van der Waals surface area contributed by atoms with Gasteiger partial charge in [0.2, 0.25) is 5.91 Å². The Morgan fingerprint density at radius 2 is 1.96 bits per heavy atom. The lowest BCUT2D eigenvalue weighted by Crippen LogP contribution is -2.21. The lowest BCUT2D eigenvalue weighted by atomic mass is 10.2. The molecule has 0 aliphatic carbocycles. The molecule has 2 rings (SSSR count). The van der Waals surface area contributed by atoms with Crippen molar-refractivity contribution in [3.05, 3.63) is 23.2 Å². The molecule has 2 aromatic rings. The van der Waals surface area contributed by atoms with Crippen LogP contribution < -0.4 is 10.2 Å². The average molecular weight is 346 g/mol. The Morgan fingerprint density at radius 1 is 1.21 bits per heavy atom. The first-order chi connectivity index (χ1) is 11.6. The number of rotatable bonds is 7. The Morgan fingerprint density at radius 3 is 2.54 bits per heavy atom. The second-order valence-corrected chi connectivity index (χ2v) is 6.13. The topological polar surface area (TPSA) is 82.8 Å². The molecule has 0 saturated carbocycles. The Bertz CT molecular complexity index is 723. The fourth-order valence-corrected chi connectivity index (χ4v) is 2.81. The smallest absolute Gasteiger partial charge is 0.251 e. The lowest BCUT2D eigenvalue weighted by Gasteiger charge is -2.22. The summed E-state index contributed by atoms with van der Waals surface area (Å²) in [7, 11) is 0. The van der Waals surface area contributed by atoms with Gasteiger partial charge in [-0.2, -0.15) is 0 Å². The highest BCUT2D eigenvalue weighted by molar-refractivity contribution is 7.14. The van der Waals surface area contributed by atoms with Gasteiger partial charge < -0.3 is 10.2 Å². The maximum Gasteiger partial charge on any atom is 0.251 e. The quantitative estimate of drug-likeness (QED) is 0.757. The molecule has 24 heavy (non-hydrogen) atoms. The van der Waals surface area contributed by atoms with E-state index < -0.39 is 0 Å². The molecule has 1 aromatic heterocycles. The molecule has 0 aliphatic heterocycles. The van der Waals surface area contributed by atoms with Crippen molar-refractivity contribution in [3.8, 4) is 0 Å². The number of carbonyl (C=O) groups is 1. The highest BCUT2D eigenvalue weighted by atomic mass is 32.1. The van der Waals surface area contributed by atoms with Crippen LogP contribution in [-0.2, 0) is 11.2 Å². The summed E-state index contributed by atoms with van der Waals surface area (Å²) in [5, 5.41) is 20.6. The van der Waals surface area contributed by atoms with Gasteiger partial charge in [-0.05, 0) is 38.5 Å². The number of hydrogen-bond donors (Lipinski definition) is 1. The van der Waals surface area contributed by atoms with E-state index in [2.05, 4.69) is 44.5 Å². The van der Waals surface area contributed by atoms with E-state index in [1.54, 1.807) is 0 Å². The van der Waals surface area contributed by atoms with Gasteiger partial charge in [0.05, 0.1) is 5.69 Å². The molecule has 0 saturated heterocycles. The van der Waals surface area contributed by atoms with Crippen molar-refractivity contribution in [2.75, 3.05) is 23.3 Å². The number of benzene rings is 1. The molecule has 0 aliphatic rings. The zero-order chi connectivity index (χ0) is 17.5. The summed E-state index contributed by atoms with van der Waals surface area (Å²) in [6.45, 7) is 9.46. The predicted octanol–water partition coefficient (Wildman–Crippen LogP) is 4.32.